The minimum Gasteiger partial charge on any atom is -0.386 e. The van der Waals surface area contributed by atoms with Crippen LogP contribution in [0.15, 0.2) is 23.7 Å². The van der Waals surface area contributed by atoms with Crippen molar-refractivity contribution in [1.82, 2.24) is 4.57 Å². The van der Waals surface area contributed by atoms with Crippen LogP contribution in [0, 0.1) is 4.64 Å². The minimum atomic E-state index is -0.845. The molecule has 1 saturated heterocycles. The Morgan fingerprint density at radius 2 is 1.89 bits per heavy atom. The van der Waals surface area contributed by atoms with E-state index in [0.717, 1.165) is 10.1 Å². The van der Waals surface area contributed by atoms with Crippen molar-refractivity contribution in [3.05, 3.63) is 28.4 Å². The number of hydrogen-bond acceptors (Lipinski definition) is 6. The maximum absolute atomic E-state index is 11.0. The Labute approximate surface area is 169 Å². The molecule has 0 bridgehead atoms. The van der Waals surface area contributed by atoms with Gasteiger partial charge < -0.3 is 23.9 Å². The SMILES string of the molecule is CC(C)(C)OC[C@H]1O[C@@H](n2ccc3ccsc3c2=S)[C@@H](O)C1OC(C)(C)C. The lowest BCUT2D eigenvalue weighted by Crippen LogP contribution is -2.42. The van der Waals surface area contributed by atoms with Gasteiger partial charge in [0.05, 0.1) is 22.5 Å². The van der Waals surface area contributed by atoms with Gasteiger partial charge in [0.2, 0.25) is 0 Å². The Balaban J connectivity index is 1.91. The second-order valence-corrected chi connectivity index (χ2v) is 10.2. The van der Waals surface area contributed by atoms with Gasteiger partial charge in [0, 0.05) is 6.20 Å². The van der Waals surface area contributed by atoms with Gasteiger partial charge >= 0.3 is 0 Å². The molecule has 27 heavy (non-hydrogen) atoms. The average molecular weight is 412 g/mol. The largest absolute Gasteiger partial charge is 0.386 e. The quantitative estimate of drug-likeness (QED) is 0.740. The number of thiophene rings is 1. The first kappa shape index (κ1) is 20.9. The van der Waals surface area contributed by atoms with E-state index in [1.54, 1.807) is 11.3 Å². The van der Waals surface area contributed by atoms with Gasteiger partial charge in [0.15, 0.2) is 6.23 Å². The number of fused-ring (bicyclic) bond motifs is 1. The molecule has 0 aliphatic carbocycles. The number of aromatic nitrogens is 1. The third-order valence-electron chi connectivity index (χ3n) is 4.29. The van der Waals surface area contributed by atoms with Gasteiger partial charge in [-0.05, 0) is 64.4 Å². The highest BCUT2D eigenvalue weighted by atomic mass is 32.1. The van der Waals surface area contributed by atoms with E-state index in [2.05, 4.69) is 0 Å². The number of hydrogen-bond donors (Lipinski definition) is 1. The lowest BCUT2D eigenvalue weighted by molar-refractivity contribution is -0.138. The molecule has 3 rings (SSSR count). The fourth-order valence-corrected chi connectivity index (χ4v) is 4.40. The van der Waals surface area contributed by atoms with Crippen LogP contribution in [-0.4, -0.2) is 45.8 Å². The maximum atomic E-state index is 11.0. The molecular weight excluding hydrogens is 382 g/mol. The molecule has 0 radical (unpaired) electrons. The summed E-state index contributed by atoms with van der Waals surface area (Å²) in [4.78, 5) is 0. The first-order valence-electron chi connectivity index (χ1n) is 9.20. The van der Waals surface area contributed by atoms with Gasteiger partial charge in [-0.3, -0.25) is 0 Å². The van der Waals surface area contributed by atoms with Crippen molar-refractivity contribution in [1.29, 1.82) is 0 Å². The van der Waals surface area contributed by atoms with Crippen LogP contribution in [0.2, 0.25) is 0 Å². The van der Waals surface area contributed by atoms with Crippen molar-refractivity contribution in [3.63, 3.8) is 0 Å². The molecule has 3 heterocycles. The summed E-state index contributed by atoms with van der Waals surface area (Å²) in [5, 5.41) is 14.2. The zero-order chi connectivity index (χ0) is 20.0. The molecule has 4 atom stereocenters. The molecule has 0 saturated carbocycles. The molecule has 0 aromatic carbocycles. The summed E-state index contributed by atoms with van der Waals surface area (Å²) in [5.74, 6) is 0. The highest BCUT2D eigenvalue weighted by molar-refractivity contribution is 7.71. The standard InChI is InChI=1S/C20H29NO4S2/c1-19(2,3)23-11-13-15(25-20(4,5)6)14(22)17(24-13)21-9-7-12-8-10-27-16(12)18(21)26/h7-10,13-15,17,22H,11H2,1-6H3/t13-,14+,15?,17-/m1/s1. The Hall–Kier alpha value is -0.830. The lowest BCUT2D eigenvalue weighted by atomic mass is 10.1. The molecule has 5 nitrogen and oxygen atoms in total. The molecule has 1 aliphatic rings. The van der Waals surface area contributed by atoms with E-state index in [1.807, 2.05) is 69.8 Å². The summed E-state index contributed by atoms with van der Waals surface area (Å²) < 4.78 is 21.8. The summed E-state index contributed by atoms with van der Waals surface area (Å²) in [6.07, 6.45) is -0.457. The van der Waals surface area contributed by atoms with Crippen molar-refractivity contribution in [2.45, 2.75) is 77.3 Å². The van der Waals surface area contributed by atoms with E-state index in [9.17, 15) is 5.11 Å². The van der Waals surface area contributed by atoms with E-state index in [1.165, 1.54) is 0 Å². The normalized spacial score (nSPS) is 26.8. The predicted octanol–water partition coefficient (Wildman–Crippen LogP) is 4.69. The molecule has 150 valence electrons. The average Bonchev–Trinajstić information content (AvgIpc) is 3.11. The number of nitrogens with zero attached hydrogens (tertiary/aromatic N) is 1. The van der Waals surface area contributed by atoms with Crippen LogP contribution in [0.4, 0.5) is 0 Å². The Bertz CT molecular complexity index is 846. The van der Waals surface area contributed by atoms with E-state index < -0.39 is 24.0 Å². The zero-order valence-corrected chi connectivity index (χ0v) is 18.4. The first-order valence-corrected chi connectivity index (χ1v) is 10.5. The number of pyridine rings is 1. The monoisotopic (exact) mass is 411 g/mol. The first-order chi connectivity index (χ1) is 12.5. The van der Waals surface area contributed by atoms with Gasteiger partial charge in [-0.25, -0.2) is 0 Å². The van der Waals surface area contributed by atoms with Crippen LogP contribution < -0.4 is 0 Å². The zero-order valence-electron chi connectivity index (χ0n) is 16.8. The lowest BCUT2D eigenvalue weighted by Gasteiger charge is -2.30. The summed E-state index contributed by atoms with van der Waals surface area (Å²) in [6, 6.07) is 4.04. The molecule has 1 unspecified atom stereocenters. The van der Waals surface area contributed by atoms with Gasteiger partial charge in [-0.2, -0.15) is 0 Å². The topological polar surface area (TPSA) is 52.9 Å². The molecule has 7 heteroatoms. The molecule has 1 aliphatic heterocycles. The van der Waals surface area contributed by atoms with E-state index in [0.29, 0.717) is 11.2 Å². The summed E-state index contributed by atoms with van der Waals surface area (Å²) in [5.41, 5.74) is -0.714. The Kier molecular flexibility index (Phi) is 5.83. The van der Waals surface area contributed by atoms with Crippen molar-refractivity contribution in [2.75, 3.05) is 6.61 Å². The molecule has 2 aromatic heterocycles. The van der Waals surface area contributed by atoms with Gasteiger partial charge in [0.1, 0.15) is 23.0 Å². The second kappa shape index (κ2) is 7.54. The summed E-state index contributed by atoms with van der Waals surface area (Å²) >= 11 is 7.25. The summed E-state index contributed by atoms with van der Waals surface area (Å²) in [6.45, 7) is 12.2. The number of ether oxygens (including phenoxy) is 3. The fraction of sp³-hybridized carbons (Fsp3) is 0.650. The molecule has 2 aromatic rings. The van der Waals surface area contributed by atoms with Crippen LogP contribution in [0.1, 0.15) is 47.8 Å². The molecule has 0 amide bonds. The Morgan fingerprint density at radius 3 is 2.52 bits per heavy atom. The highest BCUT2D eigenvalue weighted by Crippen LogP contribution is 2.36. The van der Waals surface area contributed by atoms with Gasteiger partial charge in [-0.1, -0.05) is 12.2 Å². The van der Waals surface area contributed by atoms with Crippen molar-refractivity contribution in [2.24, 2.45) is 0 Å². The van der Waals surface area contributed by atoms with Crippen LogP contribution in [0.5, 0.6) is 0 Å². The number of rotatable bonds is 4. The number of aliphatic hydroxyl groups excluding tert-OH is 1. The molecule has 0 spiro atoms. The summed E-state index contributed by atoms with van der Waals surface area (Å²) in [7, 11) is 0. The van der Waals surface area contributed by atoms with Crippen molar-refractivity contribution < 1.29 is 19.3 Å². The van der Waals surface area contributed by atoms with Crippen LogP contribution in [-0.2, 0) is 14.2 Å². The smallest absolute Gasteiger partial charge is 0.164 e. The van der Waals surface area contributed by atoms with E-state index >= 15 is 0 Å². The molecule has 1 N–H and O–H groups in total. The van der Waals surface area contributed by atoms with Crippen LogP contribution >= 0.6 is 23.6 Å². The Morgan fingerprint density at radius 1 is 1.19 bits per heavy atom. The third-order valence-corrected chi connectivity index (χ3v) is 5.77. The van der Waals surface area contributed by atoms with Crippen molar-refractivity contribution in [3.8, 4) is 0 Å². The predicted molar refractivity (Wildman–Crippen MR) is 111 cm³/mol. The second-order valence-electron chi connectivity index (χ2n) is 8.91. The number of aliphatic hydroxyl groups is 1. The third kappa shape index (κ3) is 4.78. The maximum Gasteiger partial charge on any atom is 0.164 e. The van der Waals surface area contributed by atoms with E-state index in [4.69, 9.17) is 26.4 Å². The fourth-order valence-electron chi connectivity index (χ4n) is 3.14. The van der Waals surface area contributed by atoms with Crippen molar-refractivity contribution >= 4 is 33.6 Å². The van der Waals surface area contributed by atoms with Crippen LogP contribution in [0.25, 0.3) is 10.1 Å². The van der Waals surface area contributed by atoms with Gasteiger partial charge in [0.25, 0.3) is 0 Å². The minimum absolute atomic E-state index is 0.301. The highest BCUT2D eigenvalue weighted by Gasteiger charge is 2.47. The van der Waals surface area contributed by atoms with E-state index in [-0.39, 0.29) is 11.7 Å². The molecular formula is C20H29NO4S2. The molecule has 1 fully saturated rings. The van der Waals surface area contributed by atoms with Crippen LogP contribution in [0.3, 0.4) is 0 Å². The van der Waals surface area contributed by atoms with Gasteiger partial charge in [-0.15, -0.1) is 11.3 Å².